The molecule has 0 bridgehead atoms. The molecule has 0 fully saturated rings. The average molecular weight is 379 g/mol. The number of hydrazine groups is 1. The summed E-state index contributed by atoms with van der Waals surface area (Å²) in [5.74, 6) is -1.11. The highest BCUT2D eigenvalue weighted by Crippen LogP contribution is 2.24. The number of hydrogen-bond acceptors (Lipinski definition) is 4. The van der Waals surface area contributed by atoms with Gasteiger partial charge in [0, 0.05) is 5.56 Å². The Morgan fingerprint density at radius 3 is 2.19 bits per heavy atom. The second kappa shape index (κ2) is 7.84. The third-order valence-electron chi connectivity index (χ3n) is 4.01. The maximum atomic E-state index is 12.3. The van der Waals surface area contributed by atoms with E-state index in [0.29, 0.717) is 5.56 Å². The number of hydrogen-bond donors (Lipinski definition) is 4. The third-order valence-corrected chi connectivity index (χ3v) is 4.22. The minimum Gasteiger partial charge on any atom is -0.507 e. The third kappa shape index (κ3) is 4.21. The van der Waals surface area contributed by atoms with Gasteiger partial charge in [-0.1, -0.05) is 42.5 Å². The molecule has 0 saturated heterocycles. The zero-order valence-corrected chi connectivity index (χ0v) is 15.3. The van der Waals surface area contributed by atoms with Gasteiger partial charge in [0.25, 0.3) is 11.8 Å². The van der Waals surface area contributed by atoms with Crippen molar-refractivity contribution in [1.82, 2.24) is 16.2 Å². The van der Waals surface area contributed by atoms with Crippen molar-refractivity contribution in [2.75, 3.05) is 0 Å². The molecule has 0 spiro atoms. The van der Waals surface area contributed by atoms with E-state index in [0.717, 1.165) is 16.3 Å². The predicted molar refractivity (Wildman–Crippen MR) is 107 cm³/mol. The van der Waals surface area contributed by atoms with Crippen molar-refractivity contribution in [1.29, 1.82) is 0 Å². The smallest absolute Gasteiger partial charge is 0.273 e. The van der Waals surface area contributed by atoms with Gasteiger partial charge in [-0.2, -0.15) is 0 Å². The van der Waals surface area contributed by atoms with Crippen LogP contribution in [0.25, 0.3) is 10.8 Å². The van der Waals surface area contributed by atoms with E-state index in [1.165, 1.54) is 6.07 Å². The SMILES string of the molecule is Cc1ccccc1C(=O)NC(=S)NNC(=O)c1cc2ccccc2cc1O. The van der Waals surface area contributed by atoms with Gasteiger partial charge in [-0.15, -0.1) is 0 Å². The molecule has 136 valence electrons. The normalized spacial score (nSPS) is 10.3. The summed E-state index contributed by atoms with van der Waals surface area (Å²) in [4.78, 5) is 24.5. The van der Waals surface area contributed by atoms with Crippen LogP contribution >= 0.6 is 12.2 Å². The lowest BCUT2D eigenvalue weighted by molar-refractivity contribution is 0.0932. The number of phenols is 1. The number of carbonyl (C=O) groups excluding carboxylic acids is 2. The van der Waals surface area contributed by atoms with Crippen molar-refractivity contribution < 1.29 is 14.7 Å². The number of benzene rings is 3. The van der Waals surface area contributed by atoms with Crippen molar-refractivity contribution in [2.24, 2.45) is 0 Å². The highest BCUT2D eigenvalue weighted by Gasteiger charge is 2.14. The van der Waals surface area contributed by atoms with Gasteiger partial charge < -0.3 is 5.11 Å². The summed E-state index contributed by atoms with van der Waals surface area (Å²) in [7, 11) is 0. The summed E-state index contributed by atoms with van der Waals surface area (Å²) in [5.41, 5.74) is 6.22. The van der Waals surface area contributed by atoms with Crippen LogP contribution in [0.3, 0.4) is 0 Å². The fourth-order valence-corrected chi connectivity index (χ4v) is 2.76. The van der Waals surface area contributed by atoms with E-state index in [4.69, 9.17) is 12.2 Å². The molecule has 0 heterocycles. The Morgan fingerprint density at radius 1 is 0.852 bits per heavy atom. The van der Waals surface area contributed by atoms with Crippen molar-refractivity contribution in [3.63, 3.8) is 0 Å². The maximum Gasteiger partial charge on any atom is 0.273 e. The standard InChI is InChI=1S/C20H17N3O3S/c1-12-6-2-5-9-15(12)18(25)21-20(27)23-22-19(26)16-10-13-7-3-4-8-14(13)11-17(16)24/h2-11,24H,1H3,(H,22,26)(H2,21,23,25,27). The van der Waals surface area contributed by atoms with Crippen molar-refractivity contribution in [3.8, 4) is 5.75 Å². The number of carbonyl (C=O) groups is 2. The Hall–Kier alpha value is -3.45. The summed E-state index contributed by atoms with van der Waals surface area (Å²) in [6.45, 7) is 1.82. The molecule has 3 rings (SSSR count). The van der Waals surface area contributed by atoms with Crippen LogP contribution in [0.2, 0.25) is 0 Å². The molecule has 0 aromatic heterocycles. The zero-order valence-electron chi connectivity index (χ0n) is 14.4. The van der Waals surface area contributed by atoms with Crippen LogP contribution in [0, 0.1) is 6.92 Å². The summed E-state index contributed by atoms with van der Waals surface area (Å²) in [6.07, 6.45) is 0. The van der Waals surface area contributed by atoms with Gasteiger partial charge in [-0.05, 0) is 53.7 Å². The van der Waals surface area contributed by atoms with Crippen molar-refractivity contribution in [3.05, 3.63) is 77.4 Å². The molecule has 0 atom stereocenters. The van der Waals surface area contributed by atoms with Gasteiger partial charge in [-0.25, -0.2) is 0 Å². The number of phenolic OH excluding ortho intramolecular Hbond substituents is 1. The van der Waals surface area contributed by atoms with Gasteiger partial charge in [0.1, 0.15) is 5.75 Å². The number of fused-ring (bicyclic) bond motifs is 1. The monoisotopic (exact) mass is 379 g/mol. The molecule has 0 aliphatic rings. The van der Waals surface area contributed by atoms with E-state index in [2.05, 4.69) is 16.2 Å². The van der Waals surface area contributed by atoms with Crippen LogP contribution < -0.4 is 16.2 Å². The molecule has 0 radical (unpaired) electrons. The van der Waals surface area contributed by atoms with E-state index < -0.39 is 5.91 Å². The summed E-state index contributed by atoms with van der Waals surface area (Å²) in [6, 6.07) is 17.5. The molecule has 3 aromatic carbocycles. The van der Waals surface area contributed by atoms with E-state index in [-0.39, 0.29) is 22.3 Å². The Morgan fingerprint density at radius 2 is 1.48 bits per heavy atom. The maximum absolute atomic E-state index is 12.3. The molecule has 2 amide bonds. The van der Waals surface area contributed by atoms with Crippen LogP contribution in [-0.2, 0) is 0 Å². The second-order valence-electron chi connectivity index (χ2n) is 5.89. The first-order valence-electron chi connectivity index (χ1n) is 8.15. The lowest BCUT2D eigenvalue weighted by Gasteiger charge is -2.12. The molecule has 0 unspecified atom stereocenters. The van der Waals surface area contributed by atoms with Crippen LogP contribution in [0.1, 0.15) is 26.3 Å². The first kappa shape index (κ1) is 18.3. The first-order valence-corrected chi connectivity index (χ1v) is 8.55. The molecule has 7 heteroatoms. The topological polar surface area (TPSA) is 90.5 Å². The van der Waals surface area contributed by atoms with Crippen molar-refractivity contribution >= 4 is 39.9 Å². The highest BCUT2D eigenvalue weighted by molar-refractivity contribution is 7.80. The largest absolute Gasteiger partial charge is 0.507 e. The Balaban J connectivity index is 1.64. The highest BCUT2D eigenvalue weighted by atomic mass is 32.1. The van der Waals surface area contributed by atoms with Crippen LogP contribution in [0.4, 0.5) is 0 Å². The van der Waals surface area contributed by atoms with Crippen LogP contribution in [0.15, 0.2) is 60.7 Å². The first-order chi connectivity index (χ1) is 13.0. The minimum absolute atomic E-state index is 0.0584. The molecule has 6 nitrogen and oxygen atoms in total. The van der Waals surface area contributed by atoms with Gasteiger partial charge >= 0.3 is 0 Å². The Bertz CT molecular complexity index is 1050. The Kier molecular flexibility index (Phi) is 5.33. The quantitative estimate of drug-likeness (QED) is 0.406. The minimum atomic E-state index is -0.578. The molecular weight excluding hydrogens is 362 g/mol. The number of aromatic hydroxyl groups is 1. The fraction of sp³-hybridized carbons (Fsp3) is 0.0500. The molecule has 0 aliphatic heterocycles. The fourth-order valence-electron chi connectivity index (χ4n) is 2.62. The van der Waals surface area contributed by atoms with Gasteiger partial charge in [0.05, 0.1) is 5.56 Å². The van der Waals surface area contributed by atoms with Crippen molar-refractivity contribution in [2.45, 2.75) is 6.92 Å². The van der Waals surface area contributed by atoms with Crippen LogP contribution in [0.5, 0.6) is 5.75 Å². The summed E-state index contributed by atoms with van der Waals surface area (Å²) < 4.78 is 0. The lowest BCUT2D eigenvalue weighted by atomic mass is 10.1. The molecule has 3 aromatic rings. The molecule has 4 N–H and O–H groups in total. The van der Waals surface area contributed by atoms with E-state index in [9.17, 15) is 14.7 Å². The second-order valence-corrected chi connectivity index (χ2v) is 6.30. The molecule has 27 heavy (non-hydrogen) atoms. The van der Waals surface area contributed by atoms with E-state index >= 15 is 0 Å². The number of thiocarbonyl (C=S) groups is 1. The number of rotatable bonds is 2. The number of amides is 2. The predicted octanol–water partition coefficient (Wildman–Crippen LogP) is 2.80. The number of nitrogens with one attached hydrogen (secondary N) is 3. The van der Waals surface area contributed by atoms with E-state index in [1.54, 1.807) is 18.2 Å². The average Bonchev–Trinajstić information content (AvgIpc) is 2.65. The number of aryl methyl sites for hydroxylation is 1. The lowest BCUT2D eigenvalue weighted by Crippen LogP contribution is -2.48. The van der Waals surface area contributed by atoms with Gasteiger partial charge in [0.15, 0.2) is 5.11 Å². The van der Waals surface area contributed by atoms with Gasteiger partial charge in [0.2, 0.25) is 0 Å². The summed E-state index contributed by atoms with van der Waals surface area (Å²) >= 11 is 5.03. The zero-order chi connectivity index (χ0) is 19.4. The van der Waals surface area contributed by atoms with Gasteiger partial charge in [-0.3, -0.25) is 25.8 Å². The summed E-state index contributed by atoms with van der Waals surface area (Å²) in [5, 5.41) is 14.1. The Labute approximate surface area is 161 Å². The van der Waals surface area contributed by atoms with E-state index in [1.807, 2.05) is 43.3 Å². The molecular formula is C20H17N3O3S. The van der Waals surface area contributed by atoms with Crippen LogP contribution in [-0.4, -0.2) is 22.0 Å². The molecule has 0 aliphatic carbocycles. The molecule has 0 saturated carbocycles.